The van der Waals surface area contributed by atoms with Crippen LogP contribution in [-0.4, -0.2) is 26.2 Å². The van der Waals surface area contributed by atoms with Gasteiger partial charge >= 0.3 is 0 Å². The molecule has 0 aliphatic carbocycles. The first kappa shape index (κ1) is 26.0. The highest BCUT2D eigenvalue weighted by Gasteiger charge is 2.38. The molecule has 0 atom stereocenters. The van der Waals surface area contributed by atoms with Gasteiger partial charge in [-0.3, -0.25) is 0 Å². The third-order valence-electron chi connectivity index (χ3n) is 7.55. The zero-order valence-electron chi connectivity index (χ0n) is 22.6. The van der Waals surface area contributed by atoms with E-state index in [1.165, 1.54) is 0 Å². The Morgan fingerprint density at radius 1 is 0.333 bits per heavy atom. The number of anilines is 4. The normalized spacial score (nSPS) is 14.4. The lowest BCUT2D eigenvalue weighted by Gasteiger charge is -2.34. The lowest BCUT2D eigenvalue weighted by molar-refractivity contribution is 0.966. The van der Waals surface area contributed by atoms with Crippen LogP contribution in [0.5, 0.6) is 0 Å². The maximum absolute atomic E-state index is 9.39. The predicted molar refractivity (Wildman–Crippen MR) is 161 cm³/mol. The van der Waals surface area contributed by atoms with Crippen molar-refractivity contribution in [1.29, 1.82) is 21.0 Å². The fraction of sp³-hybridized carbons (Fsp3) is 0.118. The van der Waals surface area contributed by atoms with Crippen LogP contribution in [0.2, 0.25) is 0 Å². The van der Waals surface area contributed by atoms with Gasteiger partial charge in [0.2, 0.25) is 0 Å². The van der Waals surface area contributed by atoms with Crippen molar-refractivity contribution in [3.63, 3.8) is 0 Å². The van der Waals surface area contributed by atoms with Crippen molar-refractivity contribution in [2.75, 3.05) is 45.8 Å². The van der Waals surface area contributed by atoms with E-state index in [4.69, 9.17) is 0 Å². The van der Waals surface area contributed by atoms with E-state index in [1.807, 2.05) is 97.1 Å². The molecule has 2 heterocycles. The van der Waals surface area contributed by atoms with E-state index < -0.39 is 0 Å². The van der Waals surface area contributed by atoms with Crippen LogP contribution in [0.4, 0.5) is 22.7 Å². The maximum Gasteiger partial charge on any atom is 0.156 e. The van der Waals surface area contributed by atoms with Crippen LogP contribution in [0.25, 0.3) is 0 Å². The molecule has 42 heavy (non-hydrogen) atoms. The van der Waals surface area contributed by atoms with Crippen molar-refractivity contribution in [2.45, 2.75) is 0 Å². The summed E-state index contributed by atoms with van der Waals surface area (Å²) in [6.07, 6.45) is 0. The third kappa shape index (κ3) is 4.71. The zero-order chi connectivity index (χ0) is 29.1. The van der Waals surface area contributed by atoms with Crippen molar-refractivity contribution in [2.24, 2.45) is 0 Å². The second-order valence-electron chi connectivity index (χ2n) is 9.89. The molecule has 2 aliphatic heterocycles. The number of nitriles is 4. The smallest absolute Gasteiger partial charge is 0.156 e. The Balaban J connectivity index is 1.57. The molecule has 0 radical (unpaired) electrons. The van der Waals surface area contributed by atoms with Crippen LogP contribution in [0, 0.1) is 45.3 Å². The molecule has 0 aromatic heterocycles. The summed E-state index contributed by atoms with van der Waals surface area (Å²) in [6.45, 7) is 2.81. The molecular weight excluding hydrogens is 520 g/mol. The van der Waals surface area contributed by atoms with Crippen molar-refractivity contribution < 1.29 is 0 Å². The average Bonchev–Trinajstić information content (AvgIpc) is 3.70. The lowest BCUT2D eigenvalue weighted by atomic mass is 10.2. The number of nitrogens with zero attached hydrogens (tertiary/aromatic N) is 8. The Morgan fingerprint density at radius 2 is 0.524 bits per heavy atom. The molecule has 2 saturated heterocycles. The molecule has 2 aliphatic rings. The van der Waals surface area contributed by atoms with Crippen molar-refractivity contribution in [3.05, 3.63) is 131 Å². The van der Waals surface area contributed by atoms with Crippen molar-refractivity contribution in [1.82, 2.24) is 0 Å². The van der Waals surface area contributed by atoms with Crippen molar-refractivity contribution >= 4 is 22.7 Å². The van der Waals surface area contributed by atoms with Gasteiger partial charge in [-0.1, -0.05) is 0 Å². The first-order valence-corrected chi connectivity index (χ1v) is 13.5. The Bertz CT molecular complexity index is 1540. The lowest BCUT2D eigenvalue weighted by Crippen LogP contribution is -2.34. The predicted octanol–water partition coefficient (Wildman–Crippen LogP) is 5.65. The molecule has 0 amide bonds. The van der Waals surface area contributed by atoms with E-state index >= 15 is 0 Å². The van der Waals surface area contributed by atoms with Gasteiger partial charge in [-0.05, 0) is 97.1 Å². The number of hydrogen-bond donors (Lipinski definition) is 0. The van der Waals surface area contributed by atoms with Crippen molar-refractivity contribution in [3.8, 4) is 24.3 Å². The van der Waals surface area contributed by atoms with E-state index in [0.717, 1.165) is 34.4 Å². The maximum atomic E-state index is 9.39. The zero-order valence-corrected chi connectivity index (χ0v) is 22.6. The first-order valence-electron chi connectivity index (χ1n) is 13.5. The molecule has 6 rings (SSSR count). The molecule has 4 aromatic carbocycles. The van der Waals surface area contributed by atoms with Crippen LogP contribution in [-0.2, 0) is 0 Å². The van der Waals surface area contributed by atoms with E-state index in [9.17, 15) is 21.0 Å². The highest BCUT2D eigenvalue weighted by atomic mass is 15.5. The number of rotatable bonds is 4. The van der Waals surface area contributed by atoms with Gasteiger partial charge in [0.15, 0.2) is 11.6 Å². The van der Waals surface area contributed by atoms with E-state index in [1.54, 1.807) is 0 Å². The molecule has 0 N–H and O–H groups in total. The minimum Gasteiger partial charge on any atom is -0.323 e. The molecular formula is C34H24N8. The Morgan fingerprint density at radius 3 is 0.690 bits per heavy atom. The van der Waals surface area contributed by atoms with Crippen LogP contribution in [0.1, 0.15) is 22.3 Å². The summed E-state index contributed by atoms with van der Waals surface area (Å²) in [6, 6.07) is 39.2. The molecule has 8 heteroatoms. The molecule has 0 spiro atoms. The summed E-state index contributed by atoms with van der Waals surface area (Å²) < 4.78 is 0. The molecule has 4 aromatic rings. The van der Waals surface area contributed by atoms with Gasteiger partial charge in [-0.25, -0.2) is 0 Å². The second kappa shape index (κ2) is 11.1. The minimum atomic E-state index is 0.593. The van der Waals surface area contributed by atoms with E-state index in [-0.39, 0.29) is 0 Å². The summed E-state index contributed by atoms with van der Waals surface area (Å²) in [4.78, 5) is 9.03. The molecule has 8 nitrogen and oxygen atoms in total. The highest BCUT2D eigenvalue weighted by molar-refractivity contribution is 5.74. The van der Waals surface area contributed by atoms with Gasteiger partial charge in [0, 0.05) is 48.9 Å². The minimum absolute atomic E-state index is 0.593. The Hall–Kier alpha value is -6.22. The third-order valence-corrected chi connectivity index (χ3v) is 7.55. The molecule has 0 bridgehead atoms. The fourth-order valence-electron chi connectivity index (χ4n) is 5.47. The average molecular weight is 545 g/mol. The first-order chi connectivity index (χ1) is 20.6. The SMILES string of the molecule is N#Cc1ccc(N2CCN(c3ccc(C#N)cc3)C2=C2N(c3ccc(C#N)cc3)CCN2c2ccc(C#N)cc2)cc1. The van der Waals surface area contributed by atoms with Gasteiger partial charge in [0.05, 0.1) is 46.5 Å². The van der Waals surface area contributed by atoms with Crippen LogP contribution in [0.15, 0.2) is 109 Å². The Kier molecular flexibility index (Phi) is 6.88. The summed E-state index contributed by atoms with van der Waals surface area (Å²) >= 11 is 0. The van der Waals surface area contributed by atoms with Gasteiger partial charge in [-0.15, -0.1) is 0 Å². The molecule has 2 fully saturated rings. The van der Waals surface area contributed by atoms with Gasteiger partial charge in [-0.2, -0.15) is 21.0 Å². The van der Waals surface area contributed by atoms with Gasteiger partial charge in [0.1, 0.15) is 0 Å². The number of hydrogen-bond acceptors (Lipinski definition) is 8. The van der Waals surface area contributed by atoms with Gasteiger partial charge < -0.3 is 19.6 Å². The summed E-state index contributed by atoms with van der Waals surface area (Å²) in [5.41, 5.74) is 6.20. The summed E-state index contributed by atoms with van der Waals surface area (Å²) in [5, 5.41) is 37.6. The largest absolute Gasteiger partial charge is 0.323 e. The second-order valence-corrected chi connectivity index (χ2v) is 9.89. The molecule has 200 valence electrons. The quantitative estimate of drug-likeness (QED) is 0.324. The topological polar surface area (TPSA) is 108 Å². The van der Waals surface area contributed by atoms with Gasteiger partial charge in [0.25, 0.3) is 0 Å². The highest BCUT2D eigenvalue weighted by Crippen LogP contribution is 2.40. The number of benzene rings is 4. The monoisotopic (exact) mass is 544 g/mol. The van der Waals surface area contributed by atoms with Crippen LogP contribution >= 0.6 is 0 Å². The molecule has 0 unspecified atom stereocenters. The standard InChI is InChI=1S/C34H24N8/c35-21-25-1-9-29(10-2-25)39-17-18-40(30-11-3-26(22-36)4-12-30)33(39)34-41(31-13-5-27(23-37)6-14-31)19-20-42(34)32-15-7-28(24-38)8-16-32/h1-16H,17-20H2. The Labute approximate surface area is 244 Å². The molecule has 0 saturated carbocycles. The summed E-state index contributed by atoms with van der Waals surface area (Å²) in [5.74, 6) is 1.91. The summed E-state index contributed by atoms with van der Waals surface area (Å²) in [7, 11) is 0. The van der Waals surface area contributed by atoms with E-state index in [2.05, 4.69) is 43.9 Å². The fourth-order valence-corrected chi connectivity index (χ4v) is 5.47. The van der Waals surface area contributed by atoms with E-state index in [0.29, 0.717) is 48.4 Å². The van der Waals surface area contributed by atoms with Crippen LogP contribution < -0.4 is 19.6 Å². The van der Waals surface area contributed by atoms with Crippen LogP contribution in [0.3, 0.4) is 0 Å².